The van der Waals surface area contributed by atoms with Crippen molar-refractivity contribution in [2.45, 2.75) is 57.8 Å². The van der Waals surface area contributed by atoms with Crippen LogP contribution in [-0.2, 0) is 16.2 Å². The summed E-state index contributed by atoms with van der Waals surface area (Å²) >= 11 is 0. The van der Waals surface area contributed by atoms with E-state index in [0.717, 1.165) is 0 Å². The highest BCUT2D eigenvalue weighted by Gasteiger charge is 2.40. The molecule has 0 bridgehead atoms. The maximum absolute atomic E-state index is 2.53. The van der Waals surface area contributed by atoms with Crippen molar-refractivity contribution in [3.05, 3.63) is 349 Å². The maximum atomic E-state index is 2.53. The zero-order chi connectivity index (χ0) is 66.2. The third-order valence-corrected chi connectivity index (χ3v) is 23.5. The van der Waals surface area contributed by atoms with Crippen molar-refractivity contribution in [2.75, 3.05) is 0 Å². The van der Waals surface area contributed by atoms with Gasteiger partial charge in [0.25, 0.3) is 0 Å². The molecule has 0 unspecified atom stereocenters. The molecule has 0 saturated heterocycles. The third-order valence-electron chi connectivity index (χ3n) is 23.5. The highest BCUT2D eigenvalue weighted by Crippen LogP contribution is 2.58. The molecule has 17 aromatic carbocycles. The van der Waals surface area contributed by atoms with Gasteiger partial charge in [-0.2, -0.15) is 0 Å². The second-order valence-corrected chi connectivity index (χ2v) is 29.7. The van der Waals surface area contributed by atoms with Crippen LogP contribution >= 0.6 is 0 Å². The van der Waals surface area contributed by atoms with E-state index in [-0.39, 0.29) is 16.2 Å². The van der Waals surface area contributed by atoms with E-state index in [4.69, 9.17) is 0 Å². The van der Waals surface area contributed by atoms with E-state index in [1.54, 1.807) is 0 Å². The number of hydrogen-bond donors (Lipinski definition) is 0. The first kappa shape index (κ1) is 57.5. The smallest absolute Gasteiger partial charge is 0.0159 e. The summed E-state index contributed by atoms with van der Waals surface area (Å²) in [4.78, 5) is 0. The van der Waals surface area contributed by atoms with E-state index in [2.05, 4.69) is 357 Å². The van der Waals surface area contributed by atoms with Crippen LogP contribution in [0.5, 0.6) is 0 Å². The molecule has 0 heterocycles. The number of benzene rings is 17. The summed E-state index contributed by atoms with van der Waals surface area (Å²) in [5.41, 5.74) is 33.3. The molecule has 0 heteroatoms. The van der Waals surface area contributed by atoms with Crippen molar-refractivity contribution < 1.29 is 0 Å². The summed E-state index contributed by atoms with van der Waals surface area (Å²) in [5.74, 6) is 0. The summed E-state index contributed by atoms with van der Waals surface area (Å²) in [6.45, 7) is 14.5. The molecule has 0 fully saturated rings. The van der Waals surface area contributed by atoms with Crippen LogP contribution in [0.4, 0.5) is 0 Å². The van der Waals surface area contributed by atoms with Crippen molar-refractivity contribution in [2.24, 2.45) is 0 Å². The summed E-state index contributed by atoms with van der Waals surface area (Å²) in [7, 11) is 0. The predicted molar refractivity (Wildman–Crippen MR) is 422 cm³/mol. The van der Waals surface area contributed by atoms with Crippen molar-refractivity contribution in [3.8, 4) is 111 Å². The fraction of sp³-hybridized carbons (Fsp3) is 0.0909. The largest absolute Gasteiger partial charge is 0.0622 e. The van der Waals surface area contributed by atoms with Crippen LogP contribution in [0.25, 0.3) is 176 Å². The second-order valence-electron chi connectivity index (χ2n) is 29.7. The van der Waals surface area contributed by atoms with Crippen LogP contribution in [0.3, 0.4) is 0 Å². The van der Waals surface area contributed by atoms with Gasteiger partial charge in [-0.1, -0.05) is 327 Å². The molecule has 0 atom stereocenters. The normalized spacial score (nSPS) is 14.2. The van der Waals surface area contributed by atoms with Gasteiger partial charge in [0.15, 0.2) is 0 Å². The number of rotatable bonds is 7. The van der Waals surface area contributed by atoms with E-state index in [1.807, 2.05) is 0 Å². The predicted octanol–water partition coefficient (Wildman–Crippen LogP) is 27.2. The second kappa shape index (κ2) is 21.2. The Hall–Kier alpha value is -11.7. The molecule has 466 valence electrons. The molecular weight excluding hydrogens is 1190 g/mol. The Kier molecular flexibility index (Phi) is 12.3. The lowest BCUT2D eigenvalue weighted by Crippen LogP contribution is -2.15. The monoisotopic (exact) mass is 1260 g/mol. The zero-order valence-electron chi connectivity index (χ0n) is 56.5. The van der Waals surface area contributed by atoms with Gasteiger partial charge in [-0.25, -0.2) is 0 Å². The van der Waals surface area contributed by atoms with Crippen LogP contribution in [-0.4, -0.2) is 0 Å². The number of fused-ring (bicyclic) bond motifs is 15. The van der Waals surface area contributed by atoms with Gasteiger partial charge in [0.05, 0.1) is 0 Å². The topological polar surface area (TPSA) is 0 Å². The summed E-state index contributed by atoms with van der Waals surface area (Å²) in [6.07, 6.45) is 0. The van der Waals surface area contributed by atoms with E-state index >= 15 is 0 Å². The minimum absolute atomic E-state index is 0.109. The molecular formula is C99H70. The van der Waals surface area contributed by atoms with Gasteiger partial charge in [0.2, 0.25) is 0 Å². The molecule has 3 aliphatic carbocycles. The summed E-state index contributed by atoms with van der Waals surface area (Å²) in [6, 6.07) is 120. The Morgan fingerprint density at radius 1 is 0.141 bits per heavy atom. The minimum Gasteiger partial charge on any atom is -0.0622 e. The maximum Gasteiger partial charge on any atom is 0.0159 e. The Bertz CT molecular complexity index is 6170. The van der Waals surface area contributed by atoms with Crippen molar-refractivity contribution in [3.63, 3.8) is 0 Å². The molecule has 17 aromatic rings. The van der Waals surface area contributed by atoms with E-state index in [9.17, 15) is 0 Å². The fourth-order valence-electron chi connectivity index (χ4n) is 18.6. The molecule has 0 saturated carbocycles. The molecule has 3 aliphatic rings. The molecule has 99 heavy (non-hydrogen) atoms. The first-order valence-corrected chi connectivity index (χ1v) is 35.2. The van der Waals surface area contributed by atoms with Crippen LogP contribution in [0, 0.1) is 0 Å². The molecule has 20 rings (SSSR count). The van der Waals surface area contributed by atoms with Crippen LogP contribution in [0.1, 0.15) is 74.9 Å². The first-order valence-electron chi connectivity index (χ1n) is 35.2. The lowest BCUT2D eigenvalue weighted by atomic mass is 9.78. The minimum atomic E-state index is -0.261. The molecule has 0 spiro atoms. The quantitative estimate of drug-likeness (QED) is 0.140. The van der Waals surface area contributed by atoms with Gasteiger partial charge in [-0.05, 0) is 240 Å². The third kappa shape index (κ3) is 8.27. The van der Waals surface area contributed by atoms with Gasteiger partial charge in [-0.15, -0.1) is 0 Å². The zero-order valence-corrected chi connectivity index (χ0v) is 56.5. The van der Waals surface area contributed by atoms with Gasteiger partial charge in [-0.3, -0.25) is 0 Å². The lowest BCUT2D eigenvalue weighted by Gasteiger charge is -2.25. The molecule has 0 N–H and O–H groups in total. The van der Waals surface area contributed by atoms with Crippen LogP contribution in [0.15, 0.2) is 315 Å². The Morgan fingerprint density at radius 2 is 0.343 bits per heavy atom. The fourth-order valence-corrected chi connectivity index (χ4v) is 18.6. The van der Waals surface area contributed by atoms with E-state index in [1.165, 1.54) is 209 Å². The molecule has 0 aliphatic heterocycles. The van der Waals surface area contributed by atoms with Gasteiger partial charge in [0, 0.05) is 16.2 Å². The van der Waals surface area contributed by atoms with E-state index in [0.29, 0.717) is 0 Å². The van der Waals surface area contributed by atoms with Gasteiger partial charge >= 0.3 is 0 Å². The van der Waals surface area contributed by atoms with E-state index < -0.39 is 0 Å². The highest BCUT2D eigenvalue weighted by atomic mass is 14.4. The average Bonchev–Trinajstić information content (AvgIpc) is 1.44. The molecule has 0 amide bonds. The standard InChI is InChI=1S/C99H70/c1-97(2)85-39-23-22-26-67(85)68-51-46-64(56-88(68)97)93-77-31-14-18-35-81(77)95(82-36-19-15-32-78(82)93)96-83-37-20-16-33-79(83)94(80-34-17-21-38-84(80)96)66-48-53-72-70-50-45-63(55-87(70)99(5,6)90(72)58-66)62-44-49-69-71-52-47-65(57-89(71)98(3,4)86(69)54-62)92-75-29-12-10-27-73(75)91(74-28-11-13-30-76(74)92)61-42-40-60(41-43-61)59-24-8-7-9-25-59/h7-58H,1-6H3. The van der Waals surface area contributed by atoms with Crippen molar-refractivity contribution in [1.82, 2.24) is 0 Å². The van der Waals surface area contributed by atoms with Crippen molar-refractivity contribution >= 4 is 64.6 Å². The molecule has 0 radical (unpaired) electrons. The SMILES string of the molecule is CC1(C)c2cc(-c3ccc4c(c3)C(C)(C)c3cc(-c5c6ccccc6c(-c6c7ccccc7c(-c7ccc8c(c7)C(C)(C)c7ccccc7-8)c7ccccc67)c6ccccc56)ccc3-4)ccc2-c2ccc(-c3c4ccccc4c(-c4ccc(-c5ccccc5)cc4)c4ccccc34)cc21. The first-order chi connectivity index (χ1) is 48.4. The van der Waals surface area contributed by atoms with Crippen LogP contribution in [0.2, 0.25) is 0 Å². The highest BCUT2D eigenvalue weighted by molar-refractivity contribution is 6.30. The van der Waals surface area contributed by atoms with Gasteiger partial charge in [0.1, 0.15) is 0 Å². The average molecular weight is 1260 g/mol. The number of hydrogen-bond acceptors (Lipinski definition) is 0. The summed E-state index contributed by atoms with van der Waals surface area (Å²) in [5, 5.41) is 15.2. The molecule has 0 aromatic heterocycles. The van der Waals surface area contributed by atoms with Crippen molar-refractivity contribution in [1.29, 1.82) is 0 Å². The lowest BCUT2D eigenvalue weighted by molar-refractivity contribution is 0.660. The Labute approximate surface area is 578 Å². The van der Waals surface area contributed by atoms with Gasteiger partial charge < -0.3 is 0 Å². The Balaban J connectivity index is 0.657. The van der Waals surface area contributed by atoms with Crippen LogP contribution < -0.4 is 0 Å². The Morgan fingerprint density at radius 3 is 0.667 bits per heavy atom. The molecule has 0 nitrogen and oxygen atoms in total. The summed E-state index contributed by atoms with van der Waals surface area (Å²) < 4.78 is 0.